The zero-order valence-corrected chi connectivity index (χ0v) is 5.88. The molecule has 0 atom stereocenters. The van der Waals surface area contributed by atoms with Crippen LogP contribution in [0.25, 0.3) is 0 Å². The van der Waals surface area contributed by atoms with E-state index in [0.29, 0.717) is 5.82 Å². The van der Waals surface area contributed by atoms with Crippen LogP contribution >= 0.6 is 11.6 Å². The molecule has 1 rings (SSSR count). The lowest BCUT2D eigenvalue weighted by atomic mass is 10.6. The van der Waals surface area contributed by atoms with E-state index < -0.39 is 0 Å². The fourth-order valence-electron chi connectivity index (χ4n) is 0.579. The molecule has 4 nitrogen and oxygen atoms in total. The molecule has 0 saturated carbocycles. The Labute approximate surface area is 62.6 Å². The van der Waals surface area contributed by atoms with E-state index in [1.54, 1.807) is 0 Å². The van der Waals surface area contributed by atoms with Crippen LogP contribution in [-0.2, 0) is 0 Å². The van der Waals surface area contributed by atoms with Crippen molar-refractivity contribution >= 4 is 23.3 Å². The van der Waals surface area contributed by atoms with Crippen molar-refractivity contribution < 1.29 is 4.79 Å². The molecular formula is C5H6ClN3O. The van der Waals surface area contributed by atoms with Crippen molar-refractivity contribution in [2.45, 2.75) is 0 Å². The van der Waals surface area contributed by atoms with Gasteiger partial charge in [-0.05, 0) is 0 Å². The van der Waals surface area contributed by atoms with Crippen LogP contribution in [0.5, 0.6) is 0 Å². The number of alkyl halides is 1. The minimum atomic E-state index is -0.316. The van der Waals surface area contributed by atoms with E-state index in [1.165, 1.54) is 12.3 Å². The molecule has 54 valence electrons. The minimum absolute atomic E-state index is 0.105. The van der Waals surface area contributed by atoms with E-state index in [4.69, 9.17) is 17.3 Å². The molecular weight excluding hydrogens is 154 g/mol. The summed E-state index contributed by atoms with van der Waals surface area (Å²) in [5.41, 5.74) is 5.34. The predicted octanol–water partition coefficient (Wildman–Crippen LogP) is 0.344. The Morgan fingerprint density at radius 3 is 3.00 bits per heavy atom. The van der Waals surface area contributed by atoms with E-state index in [9.17, 15) is 4.79 Å². The first-order valence-electron chi connectivity index (χ1n) is 2.64. The maximum Gasteiger partial charge on any atom is 0.263 e. The van der Waals surface area contributed by atoms with Gasteiger partial charge < -0.3 is 5.73 Å². The molecule has 0 aliphatic rings. The van der Waals surface area contributed by atoms with Crippen LogP contribution in [0.15, 0.2) is 12.3 Å². The van der Waals surface area contributed by atoms with Crippen LogP contribution in [0.1, 0.15) is 4.79 Å². The summed E-state index contributed by atoms with van der Waals surface area (Å²) in [6.07, 6.45) is 1.44. The number of nitrogens with two attached hydrogens (primary N) is 1. The van der Waals surface area contributed by atoms with E-state index in [0.717, 1.165) is 4.68 Å². The highest BCUT2D eigenvalue weighted by molar-refractivity contribution is 6.27. The number of hydrogen-bond donors (Lipinski definition) is 1. The van der Waals surface area contributed by atoms with Crippen molar-refractivity contribution in [2.75, 3.05) is 11.6 Å². The number of carbonyl (C=O) groups is 1. The van der Waals surface area contributed by atoms with Crippen molar-refractivity contribution in [3.8, 4) is 0 Å². The Balaban J connectivity index is 2.93. The van der Waals surface area contributed by atoms with Crippen LogP contribution in [0.3, 0.4) is 0 Å². The number of anilines is 1. The molecule has 0 unspecified atom stereocenters. The molecule has 0 aromatic carbocycles. The van der Waals surface area contributed by atoms with Crippen molar-refractivity contribution in [1.82, 2.24) is 9.78 Å². The highest BCUT2D eigenvalue weighted by Gasteiger charge is 2.05. The number of aromatic nitrogens is 2. The van der Waals surface area contributed by atoms with Gasteiger partial charge in [0.05, 0.1) is 6.20 Å². The lowest BCUT2D eigenvalue weighted by Crippen LogP contribution is -2.15. The molecule has 0 aliphatic heterocycles. The van der Waals surface area contributed by atoms with Gasteiger partial charge in [0, 0.05) is 6.07 Å². The molecule has 0 fully saturated rings. The fraction of sp³-hybridized carbons (Fsp3) is 0.200. The second-order valence-corrected chi connectivity index (χ2v) is 1.96. The number of rotatable bonds is 1. The van der Waals surface area contributed by atoms with Gasteiger partial charge in [0.15, 0.2) is 0 Å². The third kappa shape index (κ3) is 1.11. The highest BCUT2D eigenvalue weighted by Crippen LogP contribution is 1.99. The first kappa shape index (κ1) is 7.08. The smallest absolute Gasteiger partial charge is 0.263 e. The topological polar surface area (TPSA) is 60.9 Å². The summed E-state index contributed by atoms with van der Waals surface area (Å²) in [7, 11) is 0. The molecule has 1 aromatic heterocycles. The van der Waals surface area contributed by atoms with Gasteiger partial charge in [-0.25, -0.2) is 0 Å². The molecule has 2 N–H and O–H groups in total. The molecule has 0 bridgehead atoms. The molecule has 0 amide bonds. The van der Waals surface area contributed by atoms with Crippen molar-refractivity contribution in [3.05, 3.63) is 12.3 Å². The normalized spacial score (nSPS) is 9.70. The Kier molecular flexibility index (Phi) is 1.91. The molecule has 0 saturated heterocycles. The van der Waals surface area contributed by atoms with Gasteiger partial charge in [-0.15, -0.1) is 11.6 Å². The third-order valence-corrected chi connectivity index (χ3v) is 1.25. The van der Waals surface area contributed by atoms with Gasteiger partial charge in [-0.1, -0.05) is 0 Å². The first-order chi connectivity index (χ1) is 4.75. The molecule has 0 radical (unpaired) electrons. The number of nitrogen functional groups attached to an aromatic ring is 1. The van der Waals surface area contributed by atoms with E-state index in [-0.39, 0.29) is 11.8 Å². The summed E-state index contributed by atoms with van der Waals surface area (Å²) in [4.78, 5) is 10.8. The minimum Gasteiger partial charge on any atom is -0.383 e. The van der Waals surface area contributed by atoms with E-state index >= 15 is 0 Å². The zero-order chi connectivity index (χ0) is 7.56. The summed E-state index contributed by atoms with van der Waals surface area (Å²) in [6, 6.07) is 1.53. The first-order valence-corrected chi connectivity index (χ1v) is 3.18. The number of halogens is 1. The van der Waals surface area contributed by atoms with Crippen LogP contribution in [0.2, 0.25) is 0 Å². The summed E-state index contributed by atoms with van der Waals surface area (Å²) < 4.78 is 1.06. The number of carbonyl (C=O) groups excluding carboxylic acids is 1. The SMILES string of the molecule is Nc1ccnn1C(=O)CCl. The van der Waals surface area contributed by atoms with Gasteiger partial charge in [0.25, 0.3) is 5.91 Å². The summed E-state index contributed by atoms with van der Waals surface area (Å²) in [6.45, 7) is 0. The zero-order valence-electron chi connectivity index (χ0n) is 5.12. The molecule has 1 aromatic rings. The number of nitrogens with zero attached hydrogens (tertiary/aromatic N) is 2. The van der Waals surface area contributed by atoms with Crippen molar-refractivity contribution in [1.29, 1.82) is 0 Å². The Hall–Kier alpha value is -1.03. The largest absolute Gasteiger partial charge is 0.383 e. The standard InChI is InChI=1S/C5H6ClN3O/c6-3-5(10)9-4(7)1-2-8-9/h1-2H,3,7H2. The number of hydrogen-bond acceptors (Lipinski definition) is 3. The monoisotopic (exact) mass is 159 g/mol. The molecule has 5 heteroatoms. The van der Waals surface area contributed by atoms with Gasteiger partial charge in [0.1, 0.15) is 11.7 Å². The van der Waals surface area contributed by atoms with E-state index in [2.05, 4.69) is 5.10 Å². The quantitative estimate of drug-likeness (QED) is 0.602. The summed E-state index contributed by atoms with van der Waals surface area (Å²) in [5.74, 6) is -0.110. The van der Waals surface area contributed by atoms with Gasteiger partial charge in [0.2, 0.25) is 0 Å². The Morgan fingerprint density at radius 1 is 1.90 bits per heavy atom. The van der Waals surface area contributed by atoms with Crippen molar-refractivity contribution in [3.63, 3.8) is 0 Å². The predicted molar refractivity (Wildman–Crippen MR) is 38.0 cm³/mol. The third-order valence-electron chi connectivity index (χ3n) is 1.02. The lowest BCUT2D eigenvalue weighted by molar-refractivity contribution is 0.0928. The van der Waals surface area contributed by atoms with Crippen LogP contribution in [0, 0.1) is 0 Å². The average Bonchev–Trinajstić information content (AvgIpc) is 2.34. The molecule has 1 heterocycles. The second kappa shape index (κ2) is 2.70. The fourth-order valence-corrected chi connectivity index (χ4v) is 0.692. The van der Waals surface area contributed by atoms with Gasteiger partial charge >= 0.3 is 0 Å². The summed E-state index contributed by atoms with van der Waals surface area (Å²) >= 11 is 5.25. The summed E-state index contributed by atoms with van der Waals surface area (Å²) in [5, 5.41) is 3.64. The van der Waals surface area contributed by atoms with Gasteiger partial charge in [-0.2, -0.15) is 9.78 Å². The van der Waals surface area contributed by atoms with Crippen LogP contribution in [0.4, 0.5) is 5.82 Å². The molecule has 0 spiro atoms. The Bertz CT molecular complexity index is 245. The Morgan fingerprint density at radius 2 is 2.60 bits per heavy atom. The second-order valence-electron chi connectivity index (χ2n) is 1.70. The van der Waals surface area contributed by atoms with Gasteiger partial charge in [-0.3, -0.25) is 4.79 Å². The maximum atomic E-state index is 10.8. The molecule has 0 aliphatic carbocycles. The van der Waals surface area contributed by atoms with Crippen LogP contribution < -0.4 is 5.73 Å². The highest BCUT2D eigenvalue weighted by atomic mass is 35.5. The van der Waals surface area contributed by atoms with E-state index in [1.807, 2.05) is 0 Å². The lowest BCUT2D eigenvalue weighted by Gasteiger charge is -1.96. The maximum absolute atomic E-state index is 10.8. The van der Waals surface area contributed by atoms with Crippen LogP contribution in [-0.4, -0.2) is 21.6 Å². The molecule has 10 heavy (non-hydrogen) atoms. The van der Waals surface area contributed by atoms with Crippen molar-refractivity contribution in [2.24, 2.45) is 0 Å². The average molecular weight is 160 g/mol.